The monoisotopic (exact) mass is 298 g/mol. The zero-order chi connectivity index (χ0) is 15.5. The largest absolute Gasteiger partial charge is 0.289 e. The smallest absolute Gasteiger partial charge is 0.193 e. The first-order valence-corrected chi connectivity index (χ1v) is 8.28. The van der Waals surface area contributed by atoms with Gasteiger partial charge in [0.1, 0.15) is 0 Å². The van der Waals surface area contributed by atoms with Gasteiger partial charge >= 0.3 is 0 Å². The fraction of sp³-hybridized carbons (Fsp3) is 0.316. The summed E-state index contributed by atoms with van der Waals surface area (Å²) in [4.78, 5) is 13.7. The van der Waals surface area contributed by atoms with Gasteiger partial charge in [-0.25, -0.2) is 0 Å². The molecule has 0 heterocycles. The fourth-order valence-electron chi connectivity index (χ4n) is 2.16. The Balaban J connectivity index is 2.19. The van der Waals surface area contributed by atoms with Gasteiger partial charge in [-0.3, -0.25) is 4.79 Å². The highest BCUT2D eigenvalue weighted by Crippen LogP contribution is 2.23. The predicted octanol–water partition coefficient (Wildman–Crippen LogP) is 5.33. The minimum atomic E-state index is 0.0866. The molecule has 0 spiro atoms. The van der Waals surface area contributed by atoms with Gasteiger partial charge in [-0.2, -0.15) is 0 Å². The molecule has 0 aromatic heterocycles. The summed E-state index contributed by atoms with van der Waals surface area (Å²) in [6, 6.07) is 15.8. The maximum atomic E-state index is 12.5. The Kier molecular flexibility index (Phi) is 4.89. The van der Waals surface area contributed by atoms with Crippen LogP contribution in [0.4, 0.5) is 0 Å². The van der Waals surface area contributed by atoms with Gasteiger partial charge in [-0.05, 0) is 41.0 Å². The molecule has 0 unspecified atom stereocenters. The molecular weight excluding hydrogens is 276 g/mol. The molecular formula is C19H22OS. The molecule has 0 fully saturated rings. The van der Waals surface area contributed by atoms with Crippen LogP contribution < -0.4 is 0 Å². The van der Waals surface area contributed by atoms with Crippen LogP contribution in [0.3, 0.4) is 0 Å². The van der Waals surface area contributed by atoms with Crippen LogP contribution in [-0.4, -0.2) is 11.5 Å². The van der Waals surface area contributed by atoms with Crippen molar-refractivity contribution in [1.29, 1.82) is 0 Å². The van der Waals surface area contributed by atoms with Crippen LogP contribution in [0.25, 0.3) is 0 Å². The summed E-state index contributed by atoms with van der Waals surface area (Å²) in [6.45, 7) is 8.65. The van der Waals surface area contributed by atoms with E-state index in [-0.39, 0.29) is 11.2 Å². The van der Waals surface area contributed by atoms with Crippen LogP contribution in [-0.2, 0) is 5.41 Å². The molecule has 0 saturated heterocycles. The summed E-state index contributed by atoms with van der Waals surface area (Å²) < 4.78 is 0. The number of thioether (sulfide) groups is 1. The van der Waals surface area contributed by atoms with Gasteiger partial charge in [0.2, 0.25) is 0 Å². The lowest BCUT2D eigenvalue weighted by Gasteiger charge is -2.19. The first-order chi connectivity index (χ1) is 9.91. The minimum Gasteiger partial charge on any atom is -0.289 e. The van der Waals surface area contributed by atoms with Crippen LogP contribution in [0.15, 0.2) is 53.4 Å². The molecule has 0 aliphatic carbocycles. The van der Waals surface area contributed by atoms with E-state index >= 15 is 0 Å². The van der Waals surface area contributed by atoms with Crippen molar-refractivity contribution in [3.05, 3.63) is 65.2 Å². The minimum absolute atomic E-state index is 0.0866. The van der Waals surface area contributed by atoms with Crippen molar-refractivity contribution in [2.24, 2.45) is 0 Å². The Morgan fingerprint density at radius 1 is 0.905 bits per heavy atom. The van der Waals surface area contributed by atoms with E-state index in [0.717, 1.165) is 16.9 Å². The van der Waals surface area contributed by atoms with E-state index in [1.165, 1.54) is 10.5 Å². The Morgan fingerprint density at radius 2 is 1.38 bits per heavy atom. The van der Waals surface area contributed by atoms with Gasteiger partial charge in [0.05, 0.1) is 0 Å². The average Bonchev–Trinajstić information content (AvgIpc) is 2.47. The molecule has 0 N–H and O–H groups in total. The van der Waals surface area contributed by atoms with Gasteiger partial charge in [-0.1, -0.05) is 52.0 Å². The van der Waals surface area contributed by atoms with E-state index in [1.54, 1.807) is 11.8 Å². The molecule has 2 heteroatoms. The second-order valence-electron chi connectivity index (χ2n) is 6.11. The third kappa shape index (κ3) is 3.98. The highest BCUT2D eigenvalue weighted by atomic mass is 32.2. The third-order valence-corrected chi connectivity index (χ3v) is 4.33. The molecule has 0 bridgehead atoms. The third-order valence-electron chi connectivity index (χ3n) is 3.44. The van der Waals surface area contributed by atoms with Gasteiger partial charge in [0, 0.05) is 16.0 Å². The van der Waals surface area contributed by atoms with Crippen molar-refractivity contribution in [2.45, 2.75) is 38.0 Å². The van der Waals surface area contributed by atoms with E-state index in [2.05, 4.69) is 39.8 Å². The van der Waals surface area contributed by atoms with E-state index in [0.29, 0.717) is 0 Å². The fourth-order valence-corrected chi connectivity index (χ4v) is 2.82. The highest BCUT2D eigenvalue weighted by molar-refractivity contribution is 7.99. The molecule has 0 atom stereocenters. The number of carbonyl (C=O) groups excluding carboxylic acids is 1. The van der Waals surface area contributed by atoms with Gasteiger partial charge in [-0.15, -0.1) is 11.8 Å². The molecule has 110 valence electrons. The van der Waals surface area contributed by atoms with Crippen molar-refractivity contribution in [2.75, 3.05) is 5.75 Å². The van der Waals surface area contributed by atoms with E-state index in [9.17, 15) is 4.79 Å². The lowest BCUT2D eigenvalue weighted by atomic mass is 9.86. The number of rotatable bonds is 4. The molecule has 2 aromatic carbocycles. The lowest BCUT2D eigenvalue weighted by Crippen LogP contribution is -2.11. The van der Waals surface area contributed by atoms with E-state index < -0.39 is 0 Å². The molecule has 0 aliphatic rings. The standard InChI is InChI=1S/C19H22OS/c1-5-21-17-12-8-15(9-13-17)18(20)14-6-10-16(11-7-14)19(2,3)4/h6-13H,5H2,1-4H3. The molecule has 0 aliphatic heterocycles. The molecule has 2 rings (SSSR count). The van der Waals surface area contributed by atoms with Crippen LogP contribution in [0, 0.1) is 0 Å². The number of carbonyl (C=O) groups is 1. The SMILES string of the molecule is CCSc1ccc(C(=O)c2ccc(C(C)(C)C)cc2)cc1. The Morgan fingerprint density at radius 3 is 1.81 bits per heavy atom. The maximum absolute atomic E-state index is 12.5. The van der Waals surface area contributed by atoms with Gasteiger partial charge < -0.3 is 0 Å². The molecule has 1 nitrogen and oxygen atoms in total. The summed E-state index contributed by atoms with van der Waals surface area (Å²) in [5, 5.41) is 0. The Bertz CT molecular complexity index is 604. The summed E-state index contributed by atoms with van der Waals surface area (Å²) in [5.41, 5.74) is 2.85. The average molecular weight is 298 g/mol. The van der Waals surface area contributed by atoms with Gasteiger partial charge in [0.15, 0.2) is 5.78 Å². The van der Waals surface area contributed by atoms with E-state index in [1.807, 2.05) is 36.4 Å². The zero-order valence-electron chi connectivity index (χ0n) is 13.1. The van der Waals surface area contributed by atoms with Crippen LogP contribution in [0.5, 0.6) is 0 Å². The maximum Gasteiger partial charge on any atom is 0.193 e. The van der Waals surface area contributed by atoms with Crippen LogP contribution in [0.1, 0.15) is 49.2 Å². The number of hydrogen-bond acceptors (Lipinski definition) is 2. The molecule has 0 amide bonds. The van der Waals surface area contributed by atoms with Crippen molar-refractivity contribution in [1.82, 2.24) is 0 Å². The molecule has 21 heavy (non-hydrogen) atoms. The summed E-state index contributed by atoms with van der Waals surface area (Å²) in [5.74, 6) is 1.13. The summed E-state index contributed by atoms with van der Waals surface area (Å²) >= 11 is 1.78. The Labute approximate surface area is 131 Å². The van der Waals surface area contributed by atoms with Crippen LogP contribution in [0.2, 0.25) is 0 Å². The second kappa shape index (κ2) is 6.48. The van der Waals surface area contributed by atoms with Crippen molar-refractivity contribution in [3.8, 4) is 0 Å². The normalized spacial score (nSPS) is 11.4. The lowest BCUT2D eigenvalue weighted by molar-refractivity contribution is 0.103. The summed E-state index contributed by atoms with van der Waals surface area (Å²) in [7, 11) is 0. The zero-order valence-corrected chi connectivity index (χ0v) is 14.0. The quantitative estimate of drug-likeness (QED) is 0.561. The highest BCUT2D eigenvalue weighted by Gasteiger charge is 2.15. The number of ketones is 1. The molecule has 2 aromatic rings. The first-order valence-electron chi connectivity index (χ1n) is 7.30. The van der Waals surface area contributed by atoms with Crippen molar-refractivity contribution in [3.63, 3.8) is 0 Å². The second-order valence-corrected chi connectivity index (χ2v) is 7.45. The summed E-state index contributed by atoms with van der Waals surface area (Å²) in [6.07, 6.45) is 0. The Hall–Kier alpha value is -1.54. The molecule has 0 radical (unpaired) electrons. The molecule has 0 saturated carbocycles. The van der Waals surface area contributed by atoms with Crippen molar-refractivity contribution < 1.29 is 4.79 Å². The predicted molar refractivity (Wildman–Crippen MR) is 91.4 cm³/mol. The van der Waals surface area contributed by atoms with Crippen LogP contribution >= 0.6 is 11.8 Å². The van der Waals surface area contributed by atoms with E-state index in [4.69, 9.17) is 0 Å². The number of benzene rings is 2. The number of hydrogen-bond donors (Lipinski definition) is 0. The van der Waals surface area contributed by atoms with Crippen molar-refractivity contribution >= 4 is 17.5 Å². The topological polar surface area (TPSA) is 17.1 Å². The first kappa shape index (κ1) is 15.8. The van der Waals surface area contributed by atoms with Gasteiger partial charge in [0.25, 0.3) is 0 Å².